The Morgan fingerprint density at radius 2 is 2.41 bits per heavy atom. The maximum atomic E-state index is 10.6. The second kappa shape index (κ2) is 5.90. The number of anilines is 1. The Morgan fingerprint density at radius 3 is 3.00 bits per heavy atom. The van der Waals surface area contributed by atoms with E-state index in [0.29, 0.717) is 0 Å². The summed E-state index contributed by atoms with van der Waals surface area (Å²) in [7, 11) is 0. The van der Waals surface area contributed by atoms with E-state index in [-0.39, 0.29) is 10.6 Å². The first-order valence-electron chi connectivity index (χ1n) is 5.42. The molecule has 0 amide bonds. The first-order valence-corrected chi connectivity index (χ1v) is 7.65. The summed E-state index contributed by atoms with van der Waals surface area (Å²) in [5.74, 6) is 3.20. The molecule has 1 saturated heterocycles. The van der Waals surface area contributed by atoms with Gasteiger partial charge in [0, 0.05) is 27.9 Å². The Kier molecular flexibility index (Phi) is 4.49. The van der Waals surface area contributed by atoms with Crippen LogP contribution in [0.5, 0.6) is 0 Å². The fraction of sp³-hybridized carbons (Fsp3) is 0.455. The molecule has 6 heteroatoms. The molecule has 1 atom stereocenters. The minimum absolute atomic E-state index is 0.149. The number of nitrogens with zero attached hydrogens (tertiary/aromatic N) is 1. The van der Waals surface area contributed by atoms with Gasteiger partial charge in [0.05, 0.1) is 4.92 Å². The van der Waals surface area contributed by atoms with E-state index < -0.39 is 0 Å². The lowest BCUT2D eigenvalue weighted by molar-refractivity contribution is -0.384. The molecule has 2 rings (SSSR count). The van der Waals surface area contributed by atoms with Crippen molar-refractivity contribution in [2.24, 2.45) is 5.92 Å². The lowest BCUT2D eigenvalue weighted by atomic mass is 10.1. The minimum Gasteiger partial charge on any atom is -0.384 e. The van der Waals surface area contributed by atoms with Crippen molar-refractivity contribution < 1.29 is 4.92 Å². The number of rotatable bonds is 4. The molecule has 1 heterocycles. The number of hydrogen-bond donors (Lipinski definition) is 1. The molecule has 1 unspecified atom stereocenters. The van der Waals surface area contributed by atoms with Gasteiger partial charge >= 0.3 is 0 Å². The third-order valence-electron chi connectivity index (χ3n) is 2.77. The molecule has 0 aromatic heterocycles. The van der Waals surface area contributed by atoms with Crippen molar-refractivity contribution in [3.8, 4) is 0 Å². The minimum atomic E-state index is -0.362. The third kappa shape index (κ3) is 3.48. The van der Waals surface area contributed by atoms with E-state index in [9.17, 15) is 10.1 Å². The SMILES string of the molecule is O=[N+]([O-])c1ccc(NCC2CCSC2)c(I)c1. The van der Waals surface area contributed by atoms with Crippen molar-refractivity contribution in [1.29, 1.82) is 0 Å². The topological polar surface area (TPSA) is 55.2 Å². The normalized spacial score (nSPS) is 19.2. The van der Waals surface area contributed by atoms with Gasteiger partial charge in [0.15, 0.2) is 0 Å². The zero-order valence-electron chi connectivity index (χ0n) is 9.19. The van der Waals surface area contributed by atoms with Gasteiger partial charge in [-0.25, -0.2) is 0 Å². The van der Waals surface area contributed by atoms with Crippen LogP contribution in [0, 0.1) is 19.6 Å². The zero-order valence-corrected chi connectivity index (χ0v) is 12.2. The van der Waals surface area contributed by atoms with Gasteiger partial charge in [-0.05, 0) is 52.5 Å². The van der Waals surface area contributed by atoms with E-state index in [1.165, 1.54) is 17.9 Å². The average molecular weight is 364 g/mol. The van der Waals surface area contributed by atoms with Crippen LogP contribution in [0.4, 0.5) is 11.4 Å². The van der Waals surface area contributed by atoms with E-state index in [1.807, 2.05) is 11.8 Å². The van der Waals surface area contributed by atoms with Crippen LogP contribution in [0.15, 0.2) is 18.2 Å². The van der Waals surface area contributed by atoms with Crippen LogP contribution in [0.2, 0.25) is 0 Å². The van der Waals surface area contributed by atoms with Crippen molar-refractivity contribution in [2.45, 2.75) is 6.42 Å². The van der Waals surface area contributed by atoms with E-state index in [4.69, 9.17) is 0 Å². The standard InChI is InChI=1S/C11H13IN2O2S/c12-10-5-9(14(15)16)1-2-11(10)13-6-8-3-4-17-7-8/h1-2,5,8,13H,3-4,6-7H2. The molecule has 1 aromatic carbocycles. The van der Waals surface area contributed by atoms with Crippen molar-refractivity contribution in [3.63, 3.8) is 0 Å². The molecule has 4 nitrogen and oxygen atoms in total. The Labute approximate surface area is 118 Å². The molecule has 0 aliphatic carbocycles. The number of non-ortho nitro benzene ring substituents is 1. The Hall–Kier alpha value is -0.500. The summed E-state index contributed by atoms with van der Waals surface area (Å²) in [6, 6.07) is 4.95. The van der Waals surface area contributed by atoms with Gasteiger partial charge in [0.1, 0.15) is 0 Å². The van der Waals surface area contributed by atoms with E-state index >= 15 is 0 Å². The summed E-state index contributed by atoms with van der Waals surface area (Å²) < 4.78 is 0.905. The van der Waals surface area contributed by atoms with Crippen LogP contribution >= 0.6 is 34.4 Å². The largest absolute Gasteiger partial charge is 0.384 e. The molecule has 1 N–H and O–H groups in total. The molecule has 0 bridgehead atoms. The molecule has 0 spiro atoms. The molecular weight excluding hydrogens is 351 g/mol. The maximum Gasteiger partial charge on any atom is 0.270 e. The van der Waals surface area contributed by atoms with Crippen molar-refractivity contribution >= 4 is 45.7 Å². The van der Waals surface area contributed by atoms with Crippen LogP contribution < -0.4 is 5.32 Å². The fourth-order valence-corrected chi connectivity index (χ4v) is 3.73. The summed E-state index contributed by atoms with van der Waals surface area (Å²) >= 11 is 4.13. The van der Waals surface area contributed by atoms with Gasteiger partial charge in [-0.3, -0.25) is 10.1 Å². The molecule has 92 valence electrons. The Balaban J connectivity index is 1.98. The smallest absolute Gasteiger partial charge is 0.270 e. The first kappa shape index (κ1) is 12.9. The summed E-state index contributed by atoms with van der Waals surface area (Å²) in [6.07, 6.45) is 1.27. The highest BCUT2D eigenvalue weighted by atomic mass is 127. The van der Waals surface area contributed by atoms with Crippen molar-refractivity contribution in [3.05, 3.63) is 31.9 Å². The van der Waals surface area contributed by atoms with Gasteiger partial charge < -0.3 is 5.32 Å². The third-order valence-corrected chi connectivity index (χ3v) is 4.89. The van der Waals surface area contributed by atoms with Crippen LogP contribution in [0.25, 0.3) is 0 Å². The first-order chi connectivity index (χ1) is 8.16. The van der Waals surface area contributed by atoms with Crippen LogP contribution in [-0.4, -0.2) is 23.0 Å². The highest BCUT2D eigenvalue weighted by Gasteiger charge is 2.16. The molecule has 17 heavy (non-hydrogen) atoms. The Bertz CT molecular complexity index is 422. The van der Waals surface area contributed by atoms with Crippen molar-refractivity contribution in [2.75, 3.05) is 23.4 Å². The second-order valence-electron chi connectivity index (χ2n) is 4.03. The molecular formula is C11H13IN2O2S. The molecule has 1 aliphatic rings. The summed E-state index contributed by atoms with van der Waals surface area (Å²) in [4.78, 5) is 10.2. The van der Waals surface area contributed by atoms with E-state index in [0.717, 1.165) is 21.7 Å². The predicted molar refractivity (Wildman–Crippen MR) is 79.7 cm³/mol. The van der Waals surface area contributed by atoms with Gasteiger partial charge in [0.25, 0.3) is 5.69 Å². The molecule has 0 saturated carbocycles. The van der Waals surface area contributed by atoms with Crippen LogP contribution in [0.3, 0.4) is 0 Å². The van der Waals surface area contributed by atoms with Crippen LogP contribution in [0.1, 0.15) is 6.42 Å². The number of benzene rings is 1. The monoisotopic (exact) mass is 364 g/mol. The molecule has 1 fully saturated rings. The van der Waals surface area contributed by atoms with Gasteiger partial charge in [-0.15, -0.1) is 0 Å². The van der Waals surface area contributed by atoms with Gasteiger partial charge in [0.2, 0.25) is 0 Å². The van der Waals surface area contributed by atoms with Gasteiger partial charge in [-0.2, -0.15) is 11.8 Å². The Morgan fingerprint density at radius 1 is 1.59 bits per heavy atom. The summed E-state index contributed by atoms with van der Waals surface area (Å²) in [6.45, 7) is 0.959. The lowest BCUT2D eigenvalue weighted by Crippen LogP contribution is -2.14. The maximum absolute atomic E-state index is 10.6. The highest BCUT2D eigenvalue weighted by molar-refractivity contribution is 14.1. The van der Waals surface area contributed by atoms with Crippen molar-refractivity contribution in [1.82, 2.24) is 0 Å². The molecule has 0 radical (unpaired) electrons. The fourth-order valence-electron chi connectivity index (χ4n) is 1.76. The predicted octanol–water partition coefficient (Wildman–Crippen LogP) is 3.36. The van der Waals surface area contributed by atoms with Crippen LogP contribution in [-0.2, 0) is 0 Å². The van der Waals surface area contributed by atoms with Gasteiger partial charge in [-0.1, -0.05) is 0 Å². The zero-order chi connectivity index (χ0) is 12.3. The number of nitro benzene ring substituents is 1. The highest BCUT2D eigenvalue weighted by Crippen LogP contribution is 2.26. The number of thioether (sulfide) groups is 1. The van der Waals surface area contributed by atoms with E-state index in [2.05, 4.69) is 27.9 Å². The molecule has 1 aromatic rings. The average Bonchev–Trinajstić information content (AvgIpc) is 2.80. The number of halogens is 1. The number of nitro groups is 1. The second-order valence-corrected chi connectivity index (χ2v) is 6.34. The summed E-state index contributed by atoms with van der Waals surface area (Å²) in [5, 5.41) is 14.0. The molecule has 1 aliphatic heterocycles. The number of nitrogens with one attached hydrogen (secondary N) is 1. The number of hydrogen-bond acceptors (Lipinski definition) is 4. The lowest BCUT2D eigenvalue weighted by Gasteiger charge is -2.12. The summed E-state index contributed by atoms with van der Waals surface area (Å²) in [5.41, 5.74) is 1.14. The van der Waals surface area contributed by atoms with E-state index in [1.54, 1.807) is 18.2 Å². The quantitative estimate of drug-likeness (QED) is 0.506.